The first kappa shape index (κ1) is 17.5. The highest BCUT2D eigenvalue weighted by atomic mass is 35.5. The van der Waals surface area contributed by atoms with Gasteiger partial charge >= 0.3 is 0 Å². The maximum Gasteiger partial charge on any atom is 0.186 e. The van der Waals surface area contributed by atoms with Crippen LogP contribution in [-0.2, 0) is 9.84 Å². The fourth-order valence-electron chi connectivity index (χ4n) is 2.04. The number of sulfone groups is 1. The van der Waals surface area contributed by atoms with E-state index in [1.54, 1.807) is 36.4 Å². The molecule has 2 N–H and O–H groups in total. The predicted octanol–water partition coefficient (Wildman–Crippen LogP) is 2.59. The third-order valence-electron chi connectivity index (χ3n) is 3.15. The molecule has 0 aromatic heterocycles. The van der Waals surface area contributed by atoms with Crippen LogP contribution in [0, 0.1) is 0 Å². The first-order valence-corrected chi connectivity index (χ1v) is 7.77. The van der Waals surface area contributed by atoms with E-state index in [1.807, 2.05) is 18.2 Å². The molecule has 0 fully saturated rings. The highest BCUT2D eigenvalue weighted by Crippen LogP contribution is 2.28. The van der Waals surface area contributed by atoms with E-state index in [1.165, 1.54) is 7.11 Å². The second-order valence-electron chi connectivity index (χ2n) is 4.36. The number of benzene rings is 2. The molecule has 0 aliphatic carbocycles. The highest BCUT2D eigenvalue weighted by molar-refractivity contribution is 7.91. The Morgan fingerprint density at radius 3 is 2.10 bits per heavy atom. The van der Waals surface area contributed by atoms with E-state index in [9.17, 15) is 8.42 Å². The van der Waals surface area contributed by atoms with Gasteiger partial charge in [0.1, 0.15) is 11.0 Å². The summed E-state index contributed by atoms with van der Waals surface area (Å²) in [6.07, 6.45) is 0. The minimum Gasteiger partial charge on any atom is -0.497 e. The van der Waals surface area contributed by atoms with Crippen molar-refractivity contribution in [1.29, 1.82) is 0 Å². The Hall–Kier alpha value is -1.56. The van der Waals surface area contributed by atoms with Crippen LogP contribution >= 0.6 is 12.4 Å². The van der Waals surface area contributed by atoms with E-state index in [4.69, 9.17) is 10.5 Å². The van der Waals surface area contributed by atoms with Crippen LogP contribution in [0.5, 0.6) is 5.75 Å². The monoisotopic (exact) mass is 327 g/mol. The fraction of sp³-hybridized carbons (Fsp3) is 0.200. The van der Waals surface area contributed by atoms with Gasteiger partial charge in [-0.25, -0.2) is 8.42 Å². The van der Waals surface area contributed by atoms with E-state index >= 15 is 0 Å². The van der Waals surface area contributed by atoms with Crippen LogP contribution < -0.4 is 10.5 Å². The number of ether oxygens (including phenoxy) is 1. The highest BCUT2D eigenvalue weighted by Gasteiger charge is 2.27. The molecule has 4 nitrogen and oxygen atoms in total. The van der Waals surface area contributed by atoms with Crippen LogP contribution in [0.4, 0.5) is 0 Å². The summed E-state index contributed by atoms with van der Waals surface area (Å²) < 4.78 is 30.3. The molecule has 0 saturated carbocycles. The van der Waals surface area contributed by atoms with Crippen molar-refractivity contribution in [2.45, 2.75) is 10.1 Å². The molecule has 2 aromatic rings. The van der Waals surface area contributed by atoms with E-state index in [0.29, 0.717) is 11.3 Å². The minimum absolute atomic E-state index is 0. The van der Waals surface area contributed by atoms with Gasteiger partial charge in [0.05, 0.1) is 12.0 Å². The number of hydrogen-bond acceptors (Lipinski definition) is 4. The quantitative estimate of drug-likeness (QED) is 0.916. The molecule has 6 heteroatoms. The van der Waals surface area contributed by atoms with Crippen molar-refractivity contribution in [3.63, 3.8) is 0 Å². The zero-order chi connectivity index (χ0) is 14.6. The summed E-state index contributed by atoms with van der Waals surface area (Å²) in [7, 11) is -1.97. The lowest BCUT2D eigenvalue weighted by molar-refractivity contribution is 0.414. The zero-order valence-electron chi connectivity index (χ0n) is 11.6. The molecular weight excluding hydrogens is 310 g/mol. The molecule has 0 heterocycles. The van der Waals surface area contributed by atoms with Gasteiger partial charge in [0.25, 0.3) is 0 Å². The molecule has 0 spiro atoms. The molecule has 2 aromatic carbocycles. The number of nitrogens with two attached hydrogens (primary N) is 1. The summed E-state index contributed by atoms with van der Waals surface area (Å²) in [4.78, 5) is 0.248. The predicted molar refractivity (Wildman–Crippen MR) is 85.7 cm³/mol. The lowest BCUT2D eigenvalue weighted by Crippen LogP contribution is -2.22. The van der Waals surface area contributed by atoms with Crippen LogP contribution in [0.1, 0.15) is 10.8 Å². The number of hydrogen-bond donors (Lipinski definition) is 1. The number of methoxy groups -OCH3 is 1. The van der Waals surface area contributed by atoms with Crippen LogP contribution in [0.3, 0.4) is 0 Å². The van der Waals surface area contributed by atoms with Crippen molar-refractivity contribution in [3.8, 4) is 5.75 Å². The zero-order valence-corrected chi connectivity index (χ0v) is 13.2. The maximum absolute atomic E-state index is 12.6. The summed E-state index contributed by atoms with van der Waals surface area (Å²) in [6, 6.07) is 15.4. The molecule has 21 heavy (non-hydrogen) atoms. The molecule has 0 aliphatic rings. The standard InChI is InChI=1S/C15H17NO3S.ClH/c1-19-13-7-9-14(10-8-13)20(17,18)15(11-16)12-5-3-2-4-6-12;/h2-10,15H,11,16H2,1H3;1H. The summed E-state index contributed by atoms with van der Waals surface area (Å²) in [5, 5.41) is -0.739. The molecule has 0 aliphatic heterocycles. The molecule has 114 valence electrons. The van der Waals surface area contributed by atoms with E-state index in [0.717, 1.165) is 0 Å². The van der Waals surface area contributed by atoms with Crippen molar-refractivity contribution < 1.29 is 13.2 Å². The van der Waals surface area contributed by atoms with Gasteiger partial charge in [0, 0.05) is 6.54 Å². The van der Waals surface area contributed by atoms with Crippen LogP contribution in [-0.4, -0.2) is 22.1 Å². The van der Waals surface area contributed by atoms with Crippen molar-refractivity contribution in [3.05, 3.63) is 60.2 Å². The molecule has 0 saturated heterocycles. The molecule has 2 rings (SSSR count). The Morgan fingerprint density at radius 1 is 1.05 bits per heavy atom. The third-order valence-corrected chi connectivity index (χ3v) is 5.29. The molecule has 1 unspecified atom stereocenters. The Balaban J connectivity index is 0.00000220. The van der Waals surface area contributed by atoms with Gasteiger partial charge in [0.15, 0.2) is 9.84 Å². The van der Waals surface area contributed by atoms with Gasteiger partial charge in [-0.1, -0.05) is 30.3 Å². The average molecular weight is 328 g/mol. The molecule has 0 bridgehead atoms. The molecule has 0 amide bonds. The van der Waals surface area contributed by atoms with Crippen molar-refractivity contribution in [1.82, 2.24) is 0 Å². The van der Waals surface area contributed by atoms with E-state index < -0.39 is 15.1 Å². The average Bonchev–Trinajstić information content (AvgIpc) is 2.49. The minimum atomic E-state index is -3.51. The van der Waals surface area contributed by atoms with Gasteiger partial charge in [-0.2, -0.15) is 0 Å². The molecule has 1 atom stereocenters. The van der Waals surface area contributed by atoms with Crippen LogP contribution in [0.25, 0.3) is 0 Å². The lowest BCUT2D eigenvalue weighted by Gasteiger charge is -2.16. The van der Waals surface area contributed by atoms with E-state index in [-0.39, 0.29) is 23.8 Å². The summed E-state index contributed by atoms with van der Waals surface area (Å²) in [6.45, 7) is 0.0401. The van der Waals surface area contributed by atoms with Gasteiger partial charge in [-0.05, 0) is 29.8 Å². The van der Waals surface area contributed by atoms with Gasteiger partial charge in [0.2, 0.25) is 0 Å². The second-order valence-corrected chi connectivity index (χ2v) is 6.49. The SMILES string of the molecule is COc1ccc(S(=O)(=O)C(CN)c2ccccc2)cc1.Cl. The maximum atomic E-state index is 12.6. The third kappa shape index (κ3) is 3.75. The summed E-state index contributed by atoms with van der Waals surface area (Å²) in [5.74, 6) is 0.618. The van der Waals surface area contributed by atoms with Crippen molar-refractivity contribution >= 4 is 22.2 Å². The Bertz CT molecular complexity index is 657. The first-order chi connectivity index (χ1) is 9.59. The fourth-order valence-corrected chi connectivity index (χ4v) is 3.65. The largest absolute Gasteiger partial charge is 0.497 e. The normalized spacial score (nSPS) is 12.3. The summed E-state index contributed by atoms with van der Waals surface area (Å²) in [5.41, 5.74) is 6.38. The number of rotatable bonds is 5. The van der Waals surface area contributed by atoms with E-state index in [2.05, 4.69) is 0 Å². The van der Waals surface area contributed by atoms with Gasteiger partial charge < -0.3 is 10.5 Å². The van der Waals surface area contributed by atoms with Crippen molar-refractivity contribution in [2.24, 2.45) is 5.73 Å². The molecule has 0 radical (unpaired) electrons. The summed E-state index contributed by atoms with van der Waals surface area (Å²) >= 11 is 0. The molecular formula is C15H18ClNO3S. The first-order valence-electron chi connectivity index (χ1n) is 6.22. The van der Waals surface area contributed by atoms with Crippen LogP contribution in [0.2, 0.25) is 0 Å². The van der Waals surface area contributed by atoms with Gasteiger partial charge in [-0.15, -0.1) is 12.4 Å². The van der Waals surface area contributed by atoms with Gasteiger partial charge in [-0.3, -0.25) is 0 Å². The number of halogens is 1. The Morgan fingerprint density at radius 2 is 1.62 bits per heavy atom. The second kappa shape index (κ2) is 7.45. The topological polar surface area (TPSA) is 69.4 Å². The van der Waals surface area contributed by atoms with Crippen molar-refractivity contribution in [2.75, 3.05) is 13.7 Å². The lowest BCUT2D eigenvalue weighted by atomic mass is 10.1. The van der Waals surface area contributed by atoms with Crippen LogP contribution in [0.15, 0.2) is 59.5 Å². The smallest absolute Gasteiger partial charge is 0.186 e. The Labute approximate surface area is 131 Å². The Kier molecular flexibility index (Phi) is 6.20.